The van der Waals surface area contributed by atoms with Crippen molar-refractivity contribution < 1.29 is 4.74 Å². The maximum Gasteiger partial charge on any atom is 0.104 e. The monoisotopic (exact) mass is 229 g/mol. The maximum absolute atomic E-state index is 5.38. The van der Waals surface area contributed by atoms with Crippen LogP contribution in [0.25, 0.3) is 0 Å². The second-order valence-electron chi connectivity index (χ2n) is 3.34. The zero-order chi connectivity index (χ0) is 10.6. The van der Waals surface area contributed by atoms with Gasteiger partial charge in [-0.3, -0.25) is 4.98 Å². The lowest BCUT2D eigenvalue weighted by atomic mass is 10.0. The van der Waals surface area contributed by atoms with E-state index in [2.05, 4.69) is 17.3 Å². The number of methoxy groups -OCH3 is 1. The van der Waals surface area contributed by atoms with Crippen molar-refractivity contribution in [3.63, 3.8) is 0 Å². The molecule has 0 aliphatic carbocycles. The van der Waals surface area contributed by atoms with E-state index in [1.54, 1.807) is 28.7 Å². The Balaban J connectivity index is 2.93. The van der Waals surface area contributed by atoms with Gasteiger partial charge in [0.25, 0.3) is 0 Å². The standard InChI is InChI=1S/C10H15NOS2/c1-10(2,12-3)9-7-8(14-13-4)5-6-11-9/h5-7H,1-4H3. The summed E-state index contributed by atoms with van der Waals surface area (Å²) < 4.78 is 5.38. The Morgan fingerprint density at radius 3 is 2.71 bits per heavy atom. The predicted octanol–water partition coefficient (Wildman–Crippen LogP) is 3.33. The lowest BCUT2D eigenvalue weighted by Gasteiger charge is -2.22. The van der Waals surface area contributed by atoms with Crippen LogP contribution in [-0.2, 0) is 10.3 Å². The van der Waals surface area contributed by atoms with Gasteiger partial charge in [-0.05, 0) is 32.2 Å². The molecule has 0 spiro atoms. The molecule has 0 radical (unpaired) electrons. The van der Waals surface area contributed by atoms with Crippen molar-refractivity contribution in [2.24, 2.45) is 0 Å². The molecule has 0 bridgehead atoms. The molecule has 78 valence electrons. The Hall–Kier alpha value is -0.190. The first-order valence-corrected chi connectivity index (χ1v) is 6.88. The number of hydrogen-bond acceptors (Lipinski definition) is 4. The summed E-state index contributed by atoms with van der Waals surface area (Å²) >= 11 is 0. The first-order valence-electron chi connectivity index (χ1n) is 4.32. The highest BCUT2D eigenvalue weighted by atomic mass is 33.1. The molecule has 4 heteroatoms. The van der Waals surface area contributed by atoms with E-state index in [0.717, 1.165) is 5.69 Å². The van der Waals surface area contributed by atoms with Crippen LogP contribution < -0.4 is 0 Å². The average Bonchev–Trinajstić information content (AvgIpc) is 2.19. The van der Waals surface area contributed by atoms with Crippen molar-refractivity contribution in [3.8, 4) is 0 Å². The Morgan fingerprint density at radius 1 is 1.43 bits per heavy atom. The summed E-state index contributed by atoms with van der Waals surface area (Å²) in [7, 11) is 5.17. The number of hydrogen-bond donors (Lipinski definition) is 0. The summed E-state index contributed by atoms with van der Waals surface area (Å²) in [6.45, 7) is 4.03. The predicted molar refractivity (Wildman–Crippen MR) is 63.6 cm³/mol. The smallest absolute Gasteiger partial charge is 0.104 e. The van der Waals surface area contributed by atoms with Crippen LogP contribution in [0.4, 0.5) is 0 Å². The fraction of sp³-hybridized carbons (Fsp3) is 0.500. The minimum atomic E-state index is -0.311. The second-order valence-corrected chi connectivity index (χ2v) is 5.81. The summed E-state index contributed by atoms with van der Waals surface area (Å²) in [5.41, 5.74) is 0.661. The molecular weight excluding hydrogens is 214 g/mol. The first-order chi connectivity index (χ1) is 6.60. The minimum absolute atomic E-state index is 0.311. The second kappa shape index (κ2) is 5.05. The highest BCUT2D eigenvalue weighted by molar-refractivity contribution is 8.76. The van der Waals surface area contributed by atoms with Gasteiger partial charge in [0.2, 0.25) is 0 Å². The van der Waals surface area contributed by atoms with Crippen LogP contribution in [-0.4, -0.2) is 18.3 Å². The minimum Gasteiger partial charge on any atom is -0.373 e. The zero-order valence-electron chi connectivity index (χ0n) is 8.90. The lowest BCUT2D eigenvalue weighted by molar-refractivity contribution is 0.0153. The number of nitrogens with zero attached hydrogens (tertiary/aromatic N) is 1. The van der Waals surface area contributed by atoms with E-state index in [1.165, 1.54) is 4.90 Å². The third-order valence-electron chi connectivity index (χ3n) is 2.04. The number of aromatic nitrogens is 1. The maximum atomic E-state index is 5.38. The molecule has 0 fully saturated rings. The average molecular weight is 229 g/mol. The summed E-state index contributed by atoms with van der Waals surface area (Å²) in [6, 6.07) is 4.08. The van der Waals surface area contributed by atoms with Crippen molar-refractivity contribution in [2.75, 3.05) is 13.4 Å². The van der Waals surface area contributed by atoms with E-state index in [9.17, 15) is 0 Å². The highest BCUT2D eigenvalue weighted by Gasteiger charge is 2.21. The van der Waals surface area contributed by atoms with Crippen molar-refractivity contribution in [1.82, 2.24) is 4.98 Å². The van der Waals surface area contributed by atoms with E-state index in [-0.39, 0.29) is 5.60 Å². The summed E-state index contributed by atoms with van der Waals surface area (Å²) in [5, 5.41) is 0. The summed E-state index contributed by atoms with van der Waals surface area (Å²) in [4.78, 5) is 5.53. The van der Waals surface area contributed by atoms with Crippen molar-refractivity contribution in [3.05, 3.63) is 24.0 Å². The van der Waals surface area contributed by atoms with Crippen LogP contribution in [0.15, 0.2) is 23.2 Å². The van der Waals surface area contributed by atoms with E-state index >= 15 is 0 Å². The first kappa shape index (κ1) is 11.9. The van der Waals surface area contributed by atoms with Crippen LogP contribution in [0.2, 0.25) is 0 Å². The van der Waals surface area contributed by atoms with E-state index < -0.39 is 0 Å². The normalized spacial score (nSPS) is 11.7. The number of rotatable bonds is 4. The molecule has 1 aromatic heterocycles. The van der Waals surface area contributed by atoms with Crippen LogP contribution in [0.5, 0.6) is 0 Å². The molecule has 2 nitrogen and oxygen atoms in total. The van der Waals surface area contributed by atoms with Crippen molar-refractivity contribution in [1.29, 1.82) is 0 Å². The fourth-order valence-electron chi connectivity index (χ4n) is 0.993. The molecule has 0 amide bonds. The van der Waals surface area contributed by atoms with Gasteiger partial charge >= 0.3 is 0 Å². The SMILES string of the molecule is COC(C)(C)c1cc(SSC)ccn1. The van der Waals surface area contributed by atoms with Crippen LogP contribution >= 0.6 is 21.6 Å². The fourth-order valence-corrected chi connectivity index (χ4v) is 2.35. The van der Waals surface area contributed by atoms with E-state index in [0.29, 0.717) is 0 Å². The lowest BCUT2D eigenvalue weighted by Crippen LogP contribution is -2.20. The molecule has 1 heterocycles. The Morgan fingerprint density at radius 2 is 2.14 bits per heavy atom. The van der Waals surface area contributed by atoms with Gasteiger partial charge < -0.3 is 4.74 Å². The van der Waals surface area contributed by atoms with Gasteiger partial charge in [0.15, 0.2) is 0 Å². The number of pyridine rings is 1. The molecule has 0 aliphatic rings. The van der Waals surface area contributed by atoms with Crippen LogP contribution in [0, 0.1) is 0 Å². The molecule has 0 aliphatic heterocycles. The molecule has 1 aromatic rings. The third-order valence-corrected chi connectivity index (χ3v) is 3.73. The summed E-state index contributed by atoms with van der Waals surface area (Å²) in [5.74, 6) is 0. The molecule has 0 atom stereocenters. The largest absolute Gasteiger partial charge is 0.373 e. The Bertz CT molecular complexity index is 302. The molecule has 0 unspecified atom stereocenters. The van der Waals surface area contributed by atoms with Gasteiger partial charge in [0, 0.05) is 18.2 Å². The van der Waals surface area contributed by atoms with E-state index in [1.807, 2.05) is 26.1 Å². The summed E-state index contributed by atoms with van der Waals surface area (Å²) in [6.07, 6.45) is 3.89. The quantitative estimate of drug-likeness (QED) is 0.738. The molecule has 1 rings (SSSR count). The van der Waals surface area contributed by atoms with Gasteiger partial charge in [-0.1, -0.05) is 21.6 Å². The molecule has 0 saturated carbocycles. The molecule has 0 aromatic carbocycles. The topological polar surface area (TPSA) is 22.1 Å². The van der Waals surface area contributed by atoms with Crippen LogP contribution in [0.1, 0.15) is 19.5 Å². The van der Waals surface area contributed by atoms with Gasteiger partial charge in [0.05, 0.1) is 5.69 Å². The third kappa shape index (κ3) is 2.90. The van der Waals surface area contributed by atoms with Crippen molar-refractivity contribution in [2.45, 2.75) is 24.3 Å². The van der Waals surface area contributed by atoms with E-state index in [4.69, 9.17) is 4.74 Å². The molecule has 0 N–H and O–H groups in total. The molecular formula is C10H15NOS2. The molecule has 14 heavy (non-hydrogen) atoms. The Kier molecular flexibility index (Phi) is 4.29. The molecule has 0 saturated heterocycles. The Labute approximate surface area is 93.2 Å². The van der Waals surface area contributed by atoms with Gasteiger partial charge in [-0.15, -0.1) is 0 Å². The van der Waals surface area contributed by atoms with Gasteiger partial charge in [0.1, 0.15) is 5.60 Å². The van der Waals surface area contributed by atoms with Gasteiger partial charge in [-0.2, -0.15) is 0 Å². The zero-order valence-corrected chi connectivity index (χ0v) is 10.5. The van der Waals surface area contributed by atoms with Crippen molar-refractivity contribution >= 4 is 21.6 Å². The highest BCUT2D eigenvalue weighted by Crippen LogP contribution is 2.31. The van der Waals surface area contributed by atoms with Gasteiger partial charge in [-0.25, -0.2) is 0 Å². The van der Waals surface area contributed by atoms with Crippen LogP contribution in [0.3, 0.4) is 0 Å². The number of ether oxygens (including phenoxy) is 1.